The largest absolute Gasteiger partial charge is 0.368 e. The normalized spacial score (nSPS) is 20.5. The number of hydrogen-bond donors (Lipinski definition) is 1. The summed E-state index contributed by atoms with van der Waals surface area (Å²) in [6.45, 7) is 7.80. The molecule has 1 N–H and O–H groups in total. The van der Waals surface area contributed by atoms with Crippen LogP contribution in [0.25, 0.3) is 0 Å². The van der Waals surface area contributed by atoms with E-state index in [1.807, 2.05) is 0 Å². The van der Waals surface area contributed by atoms with Crippen LogP contribution in [0.15, 0.2) is 27.1 Å². The van der Waals surface area contributed by atoms with Gasteiger partial charge in [-0.1, -0.05) is 29.8 Å². The van der Waals surface area contributed by atoms with Gasteiger partial charge in [0, 0.05) is 34.6 Å². The van der Waals surface area contributed by atoms with Crippen molar-refractivity contribution in [1.29, 1.82) is 0 Å². The summed E-state index contributed by atoms with van der Waals surface area (Å²) in [4.78, 5) is 2.47. The average molecular weight is 376 g/mol. The molecular weight excluding hydrogens is 356 g/mol. The molecule has 1 aromatic rings. The summed E-state index contributed by atoms with van der Waals surface area (Å²) in [5, 5.41) is 3.62. The highest BCUT2D eigenvalue weighted by Gasteiger charge is 2.21. The van der Waals surface area contributed by atoms with E-state index in [1.54, 1.807) is 0 Å². The standard InChI is InChI=1S/C14H20Br2N2/c1-10(2)7-12-9-18(6-5-17-12)14-8-11(15)3-4-13(14)16/h3-4,8,10,12,17H,5-7,9H2,1-2H3. The highest BCUT2D eigenvalue weighted by molar-refractivity contribution is 9.11. The lowest BCUT2D eigenvalue weighted by Crippen LogP contribution is -2.51. The van der Waals surface area contributed by atoms with Crippen LogP contribution < -0.4 is 10.2 Å². The molecule has 18 heavy (non-hydrogen) atoms. The van der Waals surface area contributed by atoms with E-state index in [4.69, 9.17) is 0 Å². The lowest BCUT2D eigenvalue weighted by atomic mass is 10.0. The fourth-order valence-electron chi connectivity index (χ4n) is 2.50. The number of halogens is 2. The second kappa shape index (κ2) is 6.40. The molecule has 0 radical (unpaired) electrons. The summed E-state index contributed by atoms with van der Waals surface area (Å²) in [5.74, 6) is 0.744. The first-order valence-electron chi connectivity index (χ1n) is 6.49. The Hall–Kier alpha value is -0.0600. The van der Waals surface area contributed by atoms with E-state index in [2.05, 4.69) is 74.1 Å². The predicted molar refractivity (Wildman–Crippen MR) is 85.3 cm³/mol. The molecule has 1 aromatic carbocycles. The van der Waals surface area contributed by atoms with Crippen molar-refractivity contribution in [3.05, 3.63) is 27.1 Å². The molecule has 1 aliphatic heterocycles. The molecule has 1 heterocycles. The Morgan fingerprint density at radius 1 is 1.39 bits per heavy atom. The molecule has 2 rings (SSSR count). The minimum absolute atomic E-state index is 0.602. The van der Waals surface area contributed by atoms with Gasteiger partial charge in [-0.2, -0.15) is 0 Å². The smallest absolute Gasteiger partial charge is 0.0522 e. The molecule has 1 fully saturated rings. The summed E-state index contributed by atoms with van der Waals surface area (Å²) in [7, 11) is 0. The summed E-state index contributed by atoms with van der Waals surface area (Å²) in [5.41, 5.74) is 1.29. The van der Waals surface area contributed by atoms with Gasteiger partial charge in [0.25, 0.3) is 0 Å². The fraction of sp³-hybridized carbons (Fsp3) is 0.571. The first kappa shape index (κ1) is 14.4. The maximum Gasteiger partial charge on any atom is 0.0522 e. The third-order valence-electron chi connectivity index (χ3n) is 3.26. The zero-order chi connectivity index (χ0) is 13.1. The van der Waals surface area contributed by atoms with Crippen LogP contribution in [0.1, 0.15) is 20.3 Å². The molecule has 0 aromatic heterocycles. The molecule has 0 amide bonds. The van der Waals surface area contributed by atoms with Gasteiger partial charge in [0.15, 0.2) is 0 Å². The van der Waals surface area contributed by atoms with Crippen molar-refractivity contribution in [2.45, 2.75) is 26.3 Å². The lowest BCUT2D eigenvalue weighted by molar-refractivity contribution is 0.388. The van der Waals surface area contributed by atoms with E-state index in [-0.39, 0.29) is 0 Å². The Balaban J connectivity index is 2.10. The first-order chi connectivity index (χ1) is 8.56. The third-order valence-corrected chi connectivity index (χ3v) is 4.42. The number of nitrogens with one attached hydrogen (secondary N) is 1. The summed E-state index contributed by atoms with van der Waals surface area (Å²) >= 11 is 7.21. The van der Waals surface area contributed by atoms with Gasteiger partial charge in [-0.25, -0.2) is 0 Å². The van der Waals surface area contributed by atoms with Gasteiger partial charge < -0.3 is 10.2 Å². The van der Waals surface area contributed by atoms with Crippen LogP contribution in [0.5, 0.6) is 0 Å². The van der Waals surface area contributed by atoms with E-state index < -0.39 is 0 Å². The van der Waals surface area contributed by atoms with E-state index in [9.17, 15) is 0 Å². The molecular formula is C14H20Br2N2. The number of nitrogens with zero attached hydrogens (tertiary/aromatic N) is 1. The summed E-state index contributed by atoms with van der Waals surface area (Å²) in [6, 6.07) is 6.98. The van der Waals surface area contributed by atoms with Crippen molar-refractivity contribution in [2.24, 2.45) is 5.92 Å². The maximum atomic E-state index is 3.65. The zero-order valence-electron chi connectivity index (χ0n) is 10.9. The number of piperazine rings is 1. The van der Waals surface area contributed by atoms with Crippen molar-refractivity contribution >= 4 is 37.5 Å². The van der Waals surface area contributed by atoms with E-state index in [0.717, 1.165) is 30.0 Å². The minimum Gasteiger partial charge on any atom is -0.368 e. The molecule has 4 heteroatoms. The summed E-state index contributed by atoms with van der Waals surface area (Å²) < 4.78 is 2.32. The van der Waals surface area contributed by atoms with Gasteiger partial charge in [-0.15, -0.1) is 0 Å². The highest BCUT2D eigenvalue weighted by atomic mass is 79.9. The van der Waals surface area contributed by atoms with Crippen molar-refractivity contribution < 1.29 is 0 Å². The van der Waals surface area contributed by atoms with Crippen LogP contribution in [-0.2, 0) is 0 Å². The van der Waals surface area contributed by atoms with Crippen LogP contribution in [-0.4, -0.2) is 25.7 Å². The number of hydrogen-bond acceptors (Lipinski definition) is 2. The van der Waals surface area contributed by atoms with Crippen LogP contribution in [0.2, 0.25) is 0 Å². The predicted octanol–water partition coefficient (Wildman–Crippen LogP) is 4.04. The monoisotopic (exact) mass is 374 g/mol. The molecule has 100 valence electrons. The van der Waals surface area contributed by atoms with E-state index >= 15 is 0 Å². The molecule has 0 bridgehead atoms. The Morgan fingerprint density at radius 3 is 2.89 bits per heavy atom. The van der Waals surface area contributed by atoms with Gasteiger partial charge in [0.2, 0.25) is 0 Å². The molecule has 0 saturated carbocycles. The Kier molecular flexibility index (Phi) is 5.10. The number of rotatable bonds is 3. The van der Waals surface area contributed by atoms with Gasteiger partial charge >= 0.3 is 0 Å². The molecule has 2 nitrogen and oxygen atoms in total. The van der Waals surface area contributed by atoms with Crippen molar-refractivity contribution in [3.63, 3.8) is 0 Å². The van der Waals surface area contributed by atoms with Gasteiger partial charge in [0.05, 0.1) is 5.69 Å². The fourth-order valence-corrected chi connectivity index (χ4v) is 3.35. The van der Waals surface area contributed by atoms with Crippen molar-refractivity contribution in [2.75, 3.05) is 24.5 Å². The Labute approximate surface area is 126 Å². The number of benzene rings is 1. The van der Waals surface area contributed by atoms with E-state index in [0.29, 0.717) is 6.04 Å². The molecule has 1 unspecified atom stereocenters. The van der Waals surface area contributed by atoms with Crippen molar-refractivity contribution in [3.8, 4) is 0 Å². The summed E-state index contributed by atoms with van der Waals surface area (Å²) in [6.07, 6.45) is 1.24. The maximum absolute atomic E-state index is 3.65. The van der Waals surface area contributed by atoms with E-state index in [1.165, 1.54) is 16.6 Å². The molecule has 1 atom stereocenters. The Morgan fingerprint density at radius 2 is 2.17 bits per heavy atom. The second-order valence-corrected chi connectivity index (χ2v) is 7.09. The topological polar surface area (TPSA) is 15.3 Å². The molecule has 1 saturated heterocycles. The highest BCUT2D eigenvalue weighted by Crippen LogP contribution is 2.30. The quantitative estimate of drug-likeness (QED) is 0.857. The van der Waals surface area contributed by atoms with Crippen LogP contribution in [0.4, 0.5) is 5.69 Å². The molecule has 0 spiro atoms. The lowest BCUT2D eigenvalue weighted by Gasteiger charge is -2.36. The van der Waals surface area contributed by atoms with Crippen LogP contribution >= 0.6 is 31.9 Å². The van der Waals surface area contributed by atoms with Crippen molar-refractivity contribution in [1.82, 2.24) is 5.32 Å². The third kappa shape index (κ3) is 3.72. The molecule has 0 aliphatic carbocycles. The van der Waals surface area contributed by atoms with Gasteiger partial charge in [-0.05, 0) is 46.5 Å². The van der Waals surface area contributed by atoms with Gasteiger partial charge in [-0.3, -0.25) is 0 Å². The molecule has 1 aliphatic rings. The van der Waals surface area contributed by atoms with Crippen LogP contribution in [0, 0.1) is 5.92 Å². The van der Waals surface area contributed by atoms with Crippen LogP contribution in [0.3, 0.4) is 0 Å². The SMILES string of the molecule is CC(C)CC1CN(c2cc(Br)ccc2Br)CCN1. The second-order valence-electron chi connectivity index (χ2n) is 5.32. The zero-order valence-corrected chi connectivity index (χ0v) is 14.1. The number of anilines is 1. The Bertz CT molecular complexity index is 407. The minimum atomic E-state index is 0.602. The van der Waals surface area contributed by atoms with Gasteiger partial charge in [0.1, 0.15) is 0 Å². The average Bonchev–Trinajstić information content (AvgIpc) is 2.32. The first-order valence-corrected chi connectivity index (χ1v) is 8.08.